The van der Waals surface area contributed by atoms with Crippen LogP contribution in [0.4, 0.5) is 0 Å². The molecule has 6 atom stereocenters. The first-order valence-corrected chi connectivity index (χ1v) is 9.09. The van der Waals surface area contributed by atoms with E-state index in [9.17, 15) is 14.7 Å². The van der Waals surface area contributed by atoms with E-state index in [4.69, 9.17) is 18.9 Å². The van der Waals surface area contributed by atoms with Gasteiger partial charge >= 0.3 is 11.9 Å². The molecule has 0 aromatic carbocycles. The predicted octanol–water partition coefficient (Wildman–Crippen LogP) is 1.25. The van der Waals surface area contributed by atoms with Gasteiger partial charge < -0.3 is 24.1 Å². The molecular formula is C19H24O7. The van der Waals surface area contributed by atoms with Crippen molar-refractivity contribution < 1.29 is 33.6 Å². The highest BCUT2D eigenvalue weighted by Gasteiger charge is 2.65. The van der Waals surface area contributed by atoms with Gasteiger partial charge in [0.1, 0.15) is 17.8 Å². The Hall–Kier alpha value is -1.70. The lowest BCUT2D eigenvalue weighted by Crippen LogP contribution is -2.44. The molecule has 4 heterocycles. The predicted molar refractivity (Wildman–Crippen MR) is 88.7 cm³/mol. The maximum absolute atomic E-state index is 12.2. The smallest absolute Gasteiger partial charge is 0.334 e. The molecular weight excluding hydrogens is 340 g/mol. The summed E-state index contributed by atoms with van der Waals surface area (Å²) in [6, 6.07) is 0. The Labute approximate surface area is 151 Å². The van der Waals surface area contributed by atoms with E-state index in [1.54, 1.807) is 13.8 Å². The molecule has 0 amide bonds. The molecule has 7 nitrogen and oxygen atoms in total. The second kappa shape index (κ2) is 6.18. The molecule has 5 rings (SSSR count). The molecule has 1 aliphatic carbocycles. The van der Waals surface area contributed by atoms with E-state index in [1.165, 1.54) is 0 Å². The van der Waals surface area contributed by atoms with Crippen LogP contribution in [-0.2, 0) is 28.5 Å². The van der Waals surface area contributed by atoms with E-state index in [-0.39, 0.29) is 36.6 Å². The molecule has 26 heavy (non-hydrogen) atoms. The van der Waals surface area contributed by atoms with Gasteiger partial charge in [-0.05, 0) is 24.5 Å². The van der Waals surface area contributed by atoms with E-state index in [0.29, 0.717) is 6.42 Å². The van der Waals surface area contributed by atoms with Gasteiger partial charge in [-0.25, -0.2) is 4.79 Å². The van der Waals surface area contributed by atoms with Gasteiger partial charge in [-0.2, -0.15) is 0 Å². The summed E-state index contributed by atoms with van der Waals surface area (Å²) in [6.07, 6.45) is 1.11. The molecule has 0 saturated carbocycles. The molecule has 3 saturated heterocycles. The topological polar surface area (TPSA) is 94.6 Å². The van der Waals surface area contributed by atoms with Crippen molar-refractivity contribution in [2.45, 2.75) is 63.3 Å². The molecule has 2 bridgehead atoms. The van der Waals surface area contributed by atoms with Crippen LogP contribution >= 0.6 is 0 Å². The molecule has 5 aliphatic rings. The monoisotopic (exact) mass is 364 g/mol. The largest absolute Gasteiger partial charge is 0.458 e. The highest BCUT2D eigenvalue weighted by Crippen LogP contribution is 2.52. The van der Waals surface area contributed by atoms with Crippen LogP contribution in [0.5, 0.6) is 0 Å². The zero-order valence-electron chi connectivity index (χ0n) is 15.0. The van der Waals surface area contributed by atoms with Crippen LogP contribution in [0.3, 0.4) is 0 Å². The summed E-state index contributed by atoms with van der Waals surface area (Å²) in [6.45, 7) is 7.62. The van der Waals surface area contributed by atoms with Crippen LogP contribution in [0, 0.1) is 11.8 Å². The van der Waals surface area contributed by atoms with Crippen molar-refractivity contribution in [3.05, 3.63) is 23.8 Å². The van der Waals surface area contributed by atoms with Crippen LogP contribution in [0.2, 0.25) is 0 Å². The van der Waals surface area contributed by atoms with E-state index in [2.05, 4.69) is 6.58 Å². The van der Waals surface area contributed by atoms with Gasteiger partial charge in [0.25, 0.3) is 0 Å². The van der Waals surface area contributed by atoms with Crippen molar-refractivity contribution in [1.82, 2.24) is 0 Å². The second-order valence-corrected chi connectivity index (χ2v) is 7.84. The first kappa shape index (κ1) is 17.7. The third kappa shape index (κ3) is 2.78. The number of hydrogen-bond donors (Lipinski definition) is 1. The molecule has 4 aliphatic heterocycles. The van der Waals surface area contributed by atoms with E-state index in [0.717, 1.165) is 12.0 Å². The summed E-state index contributed by atoms with van der Waals surface area (Å²) >= 11 is 0. The number of carbonyl (C=O) groups excluding carboxylic acids is 2. The SMILES string of the molecule is C=C1C(=O)O[C@H]2C[C@]34O[C@H]3CCC(=C[C@@H](OC(=O)C(C)C)[C@H]12)CO[C@@H]4O. The highest BCUT2D eigenvalue weighted by molar-refractivity contribution is 5.91. The number of esters is 2. The Bertz CT molecular complexity index is 681. The Morgan fingerprint density at radius 1 is 1.46 bits per heavy atom. The summed E-state index contributed by atoms with van der Waals surface area (Å²) in [5, 5.41) is 10.5. The lowest BCUT2D eigenvalue weighted by Gasteiger charge is -2.32. The fraction of sp³-hybridized carbons (Fsp3) is 0.684. The average Bonchev–Trinajstić information content (AvgIpc) is 3.20. The van der Waals surface area contributed by atoms with Gasteiger partial charge in [0.15, 0.2) is 6.29 Å². The molecule has 0 aromatic rings. The summed E-state index contributed by atoms with van der Waals surface area (Å²) in [5.41, 5.74) is 0.321. The molecule has 7 heteroatoms. The van der Waals surface area contributed by atoms with E-state index < -0.39 is 36.0 Å². The first-order valence-electron chi connectivity index (χ1n) is 9.09. The van der Waals surface area contributed by atoms with Gasteiger partial charge in [0.05, 0.1) is 24.5 Å². The number of carbonyl (C=O) groups is 2. The van der Waals surface area contributed by atoms with Crippen molar-refractivity contribution in [2.24, 2.45) is 11.8 Å². The third-order valence-electron chi connectivity index (χ3n) is 5.74. The summed E-state index contributed by atoms with van der Waals surface area (Å²) in [7, 11) is 0. The molecule has 0 radical (unpaired) electrons. The molecule has 0 unspecified atom stereocenters. The van der Waals surface area contributed by atoms with Gasteiger partial charge in [0, 0.05) is 12.0 Å². The van der Waals surface area contributed by atoms with Crippen molar-refractivity contribution in [3.63, 3.8) is 0 Å². The maximum atomic E-state index is 12.2. The van der Waals surface area contributed by atoms with Gasteiger partial charge in [-0.3, -0.25) is 4.79 Å². The molecule has 3 fully saturated rings. The quantitative estimate of drug-likeness (QED) is 0.341. The highest BCUT2D eigenvalue weighted by atomic mass is 16.7. The second-order valence-electron chi connectivity index (χ2n) is 7.84. The standard InChI is InChI=1S/C19H24O7/c1-9(2)16(20)24-12-6-11-4-5-14-19(26-14,18(22)23-8-11)7-13-15(12)10(3)17(21)25-13/h6,9,12-15,18,22H,3-5,7-8H2,1-2H3/t12-,13+,14+,15+,18+,19+/m1/s1. The van der Waals surface area contributed by atoms with Crippen LogP contribution in [-0.4, -0.2) is 53.9 Å². The number of fused-ring (bicyclic) bond motifs is 4. The van der Waals surface area contributed by atoms with Crippen LogP contribution in [0.25, 0.3) is 0 Å². The minimum Gasteiger partial charge on any atom is -0.458 e. The lowest BCUT2D eigenvalue weighted by atomic mass is 9.81. The minimum absolute atomic E-state index is 0.135. The molecule has 1 N–H and O–H groups in total. The number of rotatable bonds is 2. The fourth-order valence-electron chi connectivity index (χ4n) is 4.13. The van der Waals surface area contributed by atoms with Gasteiger partial charge in [-0.1, -0.05) is 20.4 Å². The molecule has 0 aromatic heterocycles. The van der Waals surface area contributed by atoms with Gasteiger partial charge in [0.2, 0.25) is 0 Å². The third-order valence-corrected chi connectivity index (χ3v) is 5.74. The summed E-state index contributed by atoms with van der Waals surface area (Å²) in [5.74, 6) is -1.63. The maximum Gasteiger partial charge on any atom is 0.334 e. The average molecular weight is 364 g/mol. The lowest BCUT2D eigenvalue weighted by molar-refractivity contribution is -0.161. The Kier molecular flexibility index (Phi) is 4.21. The van der Waals surface area contributed by atoms with E-state index >= 15 is 0 Å². The Balaban J connectivity index is 1.74. The first-order chi connectivity index (χ1) is 12.3. The normalized spacial score (nSPS) is 41.7. The summed E-state index contributed by atoms with van der Waals surface area (Å²) < 4.78 is 22.6. The van der Waals surface area contributed by atoms with E-state index in [1.807, 2.05) is 6.08 Å². The van der Waals surface area contributed by atoms with Crippen LogP contribution in [0.15, 0.2) is 23.8 Å². The number of ether oxygens (including phenoxy) is 4. The molecule has 142 valence electrons. The van der Waals surface area contributed by atoms with Crippen LogP contribution < -0.4 is 0 Å². The summed E-state index contributed by atoms with van der Waals surface area (Å²) in [4.78, 5) is 24.4. The van der Waals surface area contributed by atoms with Crippen molar-refractivity contribution in [2.75, 3.05) is 6.61 Å². The van der Waals surface area contributed by atoms with Crippen molar-refractivity contribution in [3.8, 4) is 0 Å². The zero-order chi connectivity index (χ0) is 18.6. The van der Waals surface area contributed by atoms with Crippen molar-refractivity contribution in [1.29, 1.82) is 0 Å². The Morgan fingerprint density at radius 2 is 2.23 bits per heavy atom. The Morgan fingerprint density at radius 3 is 2.96 bits per heavy atom. The minimum atomic E-state index is -1.08. The molecule has 1 spiro atoms. The number of hydrogen-bond acceptors (Lipinski definition) is 7. The zero-order valence-corrected chi connectivity index (χ0v) is 15.0. The number of aliphatic hydroxyl groups is 1. The fourth-order valence-corrected chi connectivity index (χ4v) is 4.13. The number of epoxide rings is 1. The number of aliphatic hydroxyl groups excluding tert-OH is 1. The van der Waals surface area contributed by atoms with Crippen molar-refractivity contribution >= 4 is 11.9 Å². The van der Waals surface area contributed by atoms with Gasteiger partial charge in [-0.15, -0.1) is 0 Å². The van der Waals surface area contributed by atoms with Crippen LogP contribution in [0.1, 0.15) is 33.1 Å².